The average Bonchev–Trinajstić information content (AvgIpc) is 3.24. The third-order valence-electron chi connectivity index (χ3n) is 6.44. The number of carbonyl (C=O) groups excluding carboxylic acids is 1. The zero-order chi connectivity index (χ0) is 27.7. The zero-order valence-electron chi connectivity index (χ0n) is 21.7. The van der Waals surface area contributed by atoms with Crippen LogP contribution >= 0.6 is 0 Å². The molecule has 11 nitrogen and oxygen atoms in total. The number of nitrogens with one attached hydrogen (secondary N) is 1. The number of aromatic nitrogens is 5. The van der Waals surface area contributed by atoms with E-state index in [-0.39, 0.29) is 0 Å². The van der Waals surface area contributed by atoms with Gasteiger partial charge in [-0.25, -0.2) is 4.79 Å². The number of nitriles is 2. The average molecular weight is 518 g/mol. The Labute approximate surface area is 223 Å². The highest BCUT2D eigenvalue weighted by Gasteiger charge is 2.22. The summed E-state index contributed by atoms with van der Waals surface area (Å²) in [4.78, 5) is 29.2. The third kappa shape index (κ3) is 4.43. The van der Waals surface area contributed by atoms with Crippen LogP contribution in [0.5, 0.6) is 5.75 Å². The second-order valence-corrected chi connectivity index (χ2v) is 9.32. The highest BCUT2D eigenvalue weighted by atomic mass is 16.6. The van der Waals surface area contributed by atoms with Gasteiger partial charge in [-0.05, 0) is 49.7 Å². The molecule has 0 saturated heterocycles. The van der Waals surface area contributed by atoms with E-state index >= 15 is 0 Å². The number of fused-ring (bicyclic) bond motifs is 3. The second-order valence-electron chi connectivity index (χ2n) is 9.32. The molecule has 4 heterocycles. The van der Waals surface area contributed by atoms with E-state index in [9.17, 15) is 15.3 Å². The smallest absolute Gasteiger partial charge is 0.409 e. The number of rotatable bonds is 4. The van der Waals surface area contributed by atoms with Gasteiger partial charge >= 0.3 is 6.09 Å². The molecule has 0 saturated carbocycles. The molecule has 0 aliphatic carbocycles. The molecule has 192 valence electrons. The molecule has 0 spiro atoms. The standard InChI is InChI=1S/C28H23N9O2/c1-28(2,15-29)24-8-6-19(12-34-24)37-25-21-10-17(18-9-20(13-32-11-18)39-27(38)31-3)5-7-22(21)33-14-23(25)36(4)26(37)35-16-30/h5-14H,1-4H3,(H,31,38). The van der Waals surface area contributed by atoms with Crippen LogP contribution in [0.4, 0.5) is 4.79 Å². The number of ether oxygens (including phenoxy) is 1. The Morgan fingerprint density at radius 2 is 1.87 bits per heavy atom. The van der Waals surface area contributed by atoms with Gasteiger partial charge in [0.25, 0.3) is 0 Å². The van der Waals surface area contributed by atoms with Gasteiger partial charge in [0.1, 0.15) is 0 Å². The van der Waals surface area contributed by atoms with Crippen LogP contribution in [0.25, 0.3) is 38.8 Å². The van der Waals surface area contributed by atoms with Crippen LogP contribution in [0.1, 0.15) is 19.5 Å². The monoisotopic (exact) mass is 517 g/mol. The highest BCUT2D eigenvalue weighted by molar-refractivity contribution is 6.04. The lowest BCUT2D eigenvalue weighted by atomic mass is 9.91. The second kappa shape index (κ2) is 9.72. The van der Waals surface area contributed by atoms with Gasteiger partial charge < -0.3 is 14.6 Å². The minimum atomic E-state index is -0.753. The first kappa shape index (κ1) is 25.1. The molecular formula is C28H23N9O2. The number of hydrogen-bond acceptors (Lipinski definition) is 8. The van der Waals surface area contributed by atoms with Crippen molar-refractivity contribution >= 4 is 28.0 Å². The molecule has 0 radical (unpaired) electrons. The number of carbonyl (C=O) groups is 1. The summed E-state index contributed by atoms with van der Waals surface area (Å²) in [5, 5.41) is 22.2. The SMILES string of the molecule is CNC(=O)Oc1cncc(-c2ccc3ncc4c(c3c2)n(-c2ccc(C(C)(C)C#N)nc2)c(=NC#N)n4C)c1. The highest BCUT2D eigenvalue weighted by Crippen LogP contribution is 2.31. The lowest BCUT2D eigenvalue weighted by molar-refractivity contribution is 0.203. The Kier molecular flexibility index (Phi) is 6.26. The number of nitrogens with zero attached hydrogens (tertiary/aromatic N) is 8. The minimum absolute atomic E-state index is 0.305. The van der Waals surface area contributed by atoms with Crippen molar-refractivity contribution in [3.05, 3.63) is 72.5 Å². The fourth-order valence-electron chi connectivity index (χ4n) is 4.34. The van der Waals surface area contributed by atoms with Gasteiger partial charge in [-0.15, -0.1) is 4.99 Å². The Morgan fingerprint density at radius 1 is 1.05 bits per heavy atom. The van der Waals surface area contributed by atoms with Crippen molar-refractivity contribution in [1.29, 1.82) is 10.5 Å². The summed E-state index contributed by atoms with van der Waals surface area (Å²) in [7, 11) is 3.30. The normalized spacial score (nSPS) is 11.8. The van der Waals surface area contributed by atoms with E-state index in [4.69, 9.17) is 4.74 Å². The largest absolute Gasteiger partial charge is 0.412 e. The zero-order valence-corrected chi connectivity index (χ0v) is 21.7. The van der Waals surface area contributed by atoms with Gasteiger partial charge in [-0.1, -0.05) is 6.07 Å². The van der Waals surface area contributed by atoms with E-state index in [1.807, 2.05) is 42.1 Å². The first-order chi connectivity index (χ1) is 18.8. The molecule has 1 amide bonds. The van der Waals surface area contributed by atoms with Crippen LogP contribution in [0.2, 0.25) is 0 Å². The van der Waals surface area contributed by atoms with Crippen LogP contribution in [0.15, 0.2) is 66.2 Å². The van der Waals surface area contributed by atoms with E-state index in [1.54, 1.807) is 49.1 Å². The summed E-state index contributed by atoms with van der Waals surface area (Å²) < 4.78 is 8.89. The number of amides is 1. The molecular weight excluding hydrogens is 494 g/mol. The Morgan fingerprint density at radius 3 is 2.56 bits per heavy atom. The Balaban J connectivity index is 1.76. The molecule has 1 aromatic carbocycles. The minimum Gasteiger partial charge on any atom is -0.409 e. The van der Waals surface area contributed by atoms with Crippen LogP contribution in [-0.4, -0.2) is 37.2 Å². The number of benzene rings is 1. The predicted octanol–water partition coefficient (Wildman–Crippen LogP) is 3.88. The fourth-order valence-corrected chi connectivity index (χ4v) is 4.34. The van der Waals surface area contributed by atoms with Crippen molar-refractivity contribution in [2.24, 2.45) is 12.0 Å². The molecule has 1 N–H and O–H groups in total. The molecule has 0 aliphatic heterocycles. The molecule has 0 fully saturated rings. The van der Waals surface area contributed by atoms with Gasteiger partial charge in [0.15, 0.2) is 5.75 Å². The van der Waals surface area contributed by atoms with E-state index in [0.717, 1.165) is 33.1 Å². The first-order valence-electron chi connectivity index (χ1n) is 11.9. The molecule has 39 heavy (non-hydrogen) atoms. The Hall–Kier alpha value is -5.55. The van der Waals surface area contributed by atoms with Crippen LogP contribution in [0.3, 0.4) is 0 Å². The van der Waals surface area contributed by atoms with E-state index in [0.29, 0.717) is 22.7 Å². The summed E-state index contributed by atoms with van der Waals surface area (Å²) in [5.74, 6) is 0.305. The van der Waals surface area contributed by atoms with Crippen molar-refractivity contribution in [3.8, 4) is 34.8 Å². The lowest BCUT2D eigenvalue weighted by Crippen LogP contribution is -2.23. The summed E-state index contributed by atoms with van der Waals surface area (Å²) in [5.41, 5.74) is 4.77. The van der Waals surface area contributed by atoms with Gasteiger partial charge in [0.05, 0.1) is 58.0 Å². The van der Waals surface area contributed by atoms with Crippen LogP contribution in [0, 0.1) is 22.8 Å². The van der Waals surface area contributed by atoms with E-state index < -0.39 is 11.5 Å². The summed E-state index contributed by atoms with van der Waals surface area (Å²) in [6.45, 7) is 3.61. The molecule has 0 bridgehead atoms. The molecule has 11 heteroatoms. The molecule has 5 rings (SSSR count). The van der Waals surface area contributed by atoms with Crippen LogP contribution in [-0.2, 0) is 12.5 Å². The van der Waals surface area contributed by atoms with Gasteiger partial charge in [0, 0.05) is 31.2 Å². The van der Waals surface area contributed by atoms with Gasteiger partial charge in [-0.2, -0.15) is 10.5 Å². The number of hydrogen-bond donors (Lipinski definition) is 1. The molecule has 5 aromatic rings. The Bertz CT molecular complexity index is 1900. The van der Waals surface area contributed by atoms with Crippen molar-refractivity contribution in [2.45, 2.75) is 19.3 Å². The summed E-state index contributed by atoms with van der Waals surface area (Å²) in [6.07, 6.45) is 7.86. The lowest BCUT2D eigenvalue weighted by Gasteiger charge is -2.15. The summed E-state index contributed by atoms with van der Waals surface area (Å²) >= 11 is 0. The molecule has 0 atom stereocenters. The third-order valence-corrected chi connectivity index (χ3v) is 6.44. The number of imidazole rings is 1. The van der Waals surface area contributed by atoms with Crippen LogP contribution < -0.4 is 15.7 Å². The van der Waals surface area contributed by atoms with Crippen molar-refractivity contribution < 1.29 is 9.53 Å². The van der Waals surface area contributed by atoms with Crippen molar-refractivity contribution in [3.63, 3.8) is 0 Å². The maximum absolute atomic E-state index is 11.7. The number of aryl methyl sites for hydroxylation is 1. The van der Waals surface area contributed by atoms with Crippen molar-refractivity contribution in [2.75, 3.05) is 7.05 Å². The quantitative estimate of drug-likeness (QED) is 0.356. The van der Waals surface area contributed by atoms with Gasteiger partial charge in [0.2, 0.25) is 11.8 Å². The maximum Gasteiger partial charge on any atom is 0.412 e. The van der Waals surface area contributed by atoms with Gasteiger partial charge in [-0.3, -0.25) is 19.5 Å². The van der Waals surface area contributed by atoms with Crippen molar-refractivity contribution in [1.82, 2.24) is 29.4 Å². The molecule has 0 aliphatic rings. The predicted molar refractivity (Wildman–Crippen MR) is 143 cm³/mol. The molecule has 4 aromatic heterocycles. The fraction of sp³-hybridized carbons (Fsp3) is 0.179. The van der Waals surface area contributed by atoms with E-state index in [1.165, 1.54) is 13.2 Å². The summed E-state index contributed by atoms with van der Waals surface area (Å²) in [6, 6.07) is 13.4. The topological polar surface area (TPSA) is 147 Å². The first-order valence-corrected chi connectivity index (χ1v) is 11.9. The maximum atomic E-state index is 11.7. The number of pyridine rings is 3. The van der Waals surface area contributed by atoms with E-state index in [2.05, 4.69) is 31.3 Å². The molecule has 0 unspecified atom stereocenters.